The van der Waals surface area contributed by atoms with Gasteiger partial charge in [0.05, 0.1) is 0 Å². The summed E-state index contributed by atoms with van der Waals surface area (Å²) in [4.78, 5) is 22.9. The van der Waals surface area contributed by atoms with Crippen LogP contribution in [-0.2, 0) is 0 Å². The third kappa shape index (κ3) is 4.18. The van der Waals surface area contributed by atoms with E-state index in [9.17, 15) is 9.59 Å². The van der Waals surface area contributed by atoms with Crippen molar-refractivity contribution in [1.82, 2.24) is 10.8 Å². The van der Waals surface area contributed by atoms with Crippen LogP contribution in [0.1, 0.15) is 41.5 Å². The van der Waals surface area contributed by atoms with Gasteiger partial charge in [0.25, 0.3) is 11.8 Å². The molecule has 0 heterocycles. The van der Waals surface area contributed by atoms with Crippen molar-refractivity contribution in [2.45, 2.75) is 20.8 Å². The topological polar surface area (TPSA) is 78.4 Å². The first kappa shape index (κ1) is 14.2. The molecule has 2 amide bonds. The zero-order valence-electron chi connectivity index (χ0n) is 10.8. The van der Waals surface area contributed by atoms with E-state index in [0.29, 0.717) is 17.7 Å². The molecule has 98 valence electrons. The first-order chi connectivity index (χ1) is 8.33. The standard InChI is InChI=1S/C13H18N2O3/c1-13(2,3)8-14-11(16)9-4-6-10(7-5-9)12(17)15-18/h4-7,18H,8H2,1-3H3,(H,14,16)(H,15,17). The Hall–Kier alpha value is -1.88. The Morgan fingerprint density at radius 2 is 1.50 bits per heavy atom. The fraction of sp³-hybridized carbons (Fsp3) is 0.385. The molecule has 0 atom stereocenters. The lowest BCUT2D eigenvalue weighted by Crippen LogP contribution is -2.32. The molecule has 0 aliphatic rings. The Balaban J connectivity index is 2.68. The highest BCUT2D eigenvalue weighted by atomic mass is 16.5. The summed E-state index contributed by atoms with van der Waals surface area (Å²) in [6.45, 7) is 6.66. The van der Waals surface area contributed by atoms with E-state index in [-0.39, 0.29) is 11.3 Å². The van der Waals surface area contributed by atoms with Crippen LogP contribution in [0.25, 0.3) is 0 Å². The summed E-state index contributed by atoms with van der Waals surface area (Å²) in [6.07, 6.45) is 0. The second kappa shape index (κ2) is 5.64. The van der Waals surface area contributed by atoms with E-state index < -0.39 is 5.91 Å². The monoisotopic (exact) mass is 250 g/mol. The van der Waals surface area contributed by atoms with Crippen molar-refractivity contribution >= 4 is 11.8 Å². The molecule has 3 N–H and O–H groups in total. The lowest BCUT2D eigenvalue weighted by Gasteiger charge is -2.18. The molecule has 0 saturated carbocycles. The Bertz CT molecular complexity index is 433. The molecule has 0 spiro atoms. The Morgan fingerprint density at radius 3 is 1.89 bits per heavy atom. The average molecular weight is 250 g/mol. The zero-order chi connectivity index (χ0) is 13.8. The number of hydroxylamine groups is 1. The van der Waals surface area contributed by atoms with E-state index in [2.05, 4.69) is 5.32 Å². The van der Waals surface area contributed by atoms with Gasteiger partial charge in [-0.25, -0.2) is 5.48 Å². The van der Waals surface area contributed by atoms with E-state index in [0.717, 1.165) is 0 Å². The lowest BCUT2D eigenvalue weighted by atomic mass is 9.97. The van der Waals surface area contributed by atoms with Gasteiger partial charge in [0.2, 0.25) is 0 Å². The third-order valence-corrected chi connectivity index (χ3v) is 2.29. The van der Waals surface area contributed by atoms with E-state index in [1.54, 1.807) is 12.1 Å². The lowest BCUT2D eigenvalue weighted by molar-refractivity contribution is 0.0706. The summed E-state index contributed by atoms with van der Waals surface area (Å²) in [7, 11) is 0. The van der Waals surface area contributed by atoms with E-state index >= 15 is 0 Å². The molecule has 0 bridgehead atoms. The minimum atomic E-state index is -0.600. The third-order valence-electron chi connectivity index (χ3n) is 2.29. The van der Waals surface area contributed by atoms with Crippen LogP contribution in [0, 0.1) is 5.41 Å². The van der Waals surface area contributed by atoms with Crippen LogP contribution >= 0.6 is 0 Å². The highest BCUT2D eigenvalue weighted by Gasteiger charge is 2.13. The van der Waals surface area contributed by atoms with Gasteiger partial charge in [-0.2, -0.15) is 0 Å². The molecule has 1 aromatic rings. The van der Waals surface area contributed by atoms with Gasteiger partial charge >= 0.3 is 0 Å². The summed E-state index contributed by atoms with van der Waals surface area (Å²) in [5.74, 6) is -0.780. The van der Waals surface area contributed by atoms with E-state index in [1.165, 1.54) is 17.6 Å². The maximum Gasteiger partial charge on any atom is 0.274 e. The van der Waals surface area contributed by atoms with Crippen LogP contribution in [0.3, 0.4) is 0 Å². The van der Waals surface area contributed by atoms with Crippen molar-refractivity contribution in [1.29, 1.82) is 0 Å². The van der Waals surface area contributed by atoms with Gasteiger partial charge in [-0.15, -0.1) is 0 Å². The molecule has 1 rings (SSSR count). The number of rotatable bonds is 3. The van der Waals surface area contributed by atoms with Crippen molar-refractivity contribution < 1.29 is 14.8 Å². The van der Waals surface area contributed by atoms with Gasteiger partial charge in [0.1, 0.15) is 0 Å². The molecule has 0 aliphatic carbocycles. The molecule has 0 unspecified atom stereocenters. The molecule has 5 heteroatoms. The SMILES string of the molecule is CC(C)(C)CNC(=O)c1ccc(C(=O)NO)cc1. The van der Waals surface area contributed by atoms with E-state index in [1.807, 2.05) is 20.8 Å². The van der Waals surface area contributed by atoms with Gasteiger partial charge in [-0.1, -0.05) is 20.8 Å². The van der Waals surface area contributed by atoms with Crippen LogP contribution in [0.2, 0.25) is 0 Å². The zero-order valence-corrected chi connectivity index (χ0v) is 10.8. The maximum atomic E-state index is 11.8. The molecule has 0 fully saturated rings. The van der Waals surface area contributed by atoms with Crippen molar-refractivity contribution in [3.63, 3.8) is 0 Å². The maximum absolute atomic E-state index is 11.8. The predicted molar refractivity (Wildman–Crippen MR) is 67.5 cm³/mol. The molecule has 0 saturated heterocycles. The van der Waals surface area contributed by atoms with Crippen LogP contribution in [0.4, 0.5) is 0 Å². The van der Waals surface area contributed by atoms with Crippen LogP contribution < -0.4 is 10.8 Å². The van der Waals surface area contributed by atoms with Gasteiger partial charge < -0.3 is 5.32 Å². The number of hydrogen-bond acceptors (Lipinski definition) is 3. The number of amides is 2. The minimum absolute atomic E-state index is 0.0202. The number of carbonyl (C=O) groups excluding carboxylic acids is 2. The van der Waals surface area contributed by atoms with Gasteiger partial charge in [-0.05, 0) is 29.7 Å². The molecular weight excluding hydrogens is 232 g/mol. The first-order valence-corrected chi connectivity index (χ1v) is 5.66. The van der Waals surface area contributed by atoms with Crippen molar-refractivity contribution in [3.8, 4) is 0 Å². The van der Waals surface area contributed by atoms with Gasteiger partial charge in [-0.3, -0.25) is 14.8 Å². The largest absolute Gasteiger partial charge is 0.352 e. The second-order valence-corrected chi connectivity index (χ2v) is 5.26. The fourth-order valence-electron chi connectivity index (χ4n) is 1.29. The Labute approximate surface area is 106 Å². The second-order valence-electron chi connectivity index (χ2n) is 5.26. The molecular formula is C13H18N2O3. The molecule has 0 aromatic heterocycles. The average Bonchev–Trinajstić information content (AvgIpc) is 2.34. The number of hydrogen-bond donors (Lipinski definition) is 3. The molecule has 5 nitrogen and oxygen atoms in total. The van der Waals surface area contributed by atoms with Crippen molar-refractivity contribution in [3.05, 3.63) is 35.4 Å². The number of benzene rings is 1. The quantitative estimate of drug-likeness (QED) is 0.563. The summed E-state index contributed by atoms with van der Waals surface area (Å²) in [5.41, 5.74) is 2.33. The molecule has 18 heavy (non-hydrogen) atoms. The minimum Gasteiger partial charge on any atom is -0.352 e. The Kier molecular flexibility index (Phi) is 4.44. The molecule has 1 aromatic carbocycles. The first-order valence-electron chi connectivity index (χ1n) is 5.66. The molecule has 0 radical (unpaired) electrons. The Morgan fingerprint density at radius 1 is 1.06 bits per heavy atom. The van der Waals surface area contributed by atoms with Crippen molar-refractivity contribution in [2.24, 2.45) is 5.41 Å². The van der Waals surface area contributed by atoms with Crippen LogP contribution in [0.15, 0.2) is 24.3 Å². The molecule has 0 aliphatic heterocycles. The van der Waals surface area contributed by atoms with Crippen LogP contribution in [0.5, 0.6) is 0 Å². The normalized spacial score (nSPS) is 10.9. The number of nitrogens with one attached hydrogen (secondary N) is 2. The predicted octanol–water partition coefficient (Wildman–Crippen LogP) is 1.58. The smallest absolute Gasteiger partial charge is 0.274 e. The highest BCUT2D eigenvalue weighted by Crippen LogP contribution is 2.11. The summed E-state index contributed by atoms with van der Waals surface area (Å²) >= 11 is 0. The van der Waals surface area contributed by atoms with E-state index in [4.69, 9.17) is 5.21 Å². The summed E-state index contributed by atoms with van der Waals surface area (Å²) in [6, 6.07) is 6.06. The van der Waals surface area contributed by atoms with Crippen molar-refractivity contribution in [2.75, 3.05) is 6.54 Å². The summed E-state index contributed by atoms with van der Waals surface area (Å²) < 4.78 is 0. The van der Waals surface area contributed by atoms with Crippen LogP contribution in [-0.4, -0.2) is 23.6 Å². The van der Waals surface area contributed by atoms with Gasteiger partial charge in [0, 0.05) is 17.7 Å². The number of carbonyl (C=O) groups is 2. The summed E-state index contributed by atoms with van der Waals surface area (Å²) in [5, 5.41) is 11.3. The van der Waals surface area contributed by atoms with Gasteiger partial charge in [0.15, 0.2) is 0 Å². The highest BCUT2D eigenvalue weighted by molar-refractivity contribution is 5.97. The fourth-order valence-corrected chi connectivity index (χ4v) is 1.29.